The number of aromatic nitrogens is 1. The summed E-state index contributed by atoms with van der Waals surface area (Å²) < 4.78 is 38.1. The highest BCUT2D eigenvalue weighted by atomic mass is 19.4. The summed E-state index contributed by atoms with van der Waals surface area (Å²) in [6, 6.07) is 11.3. The van der Waals surface area contributed by atoms with Gasteiger partial charge in [0.2, 0.25) is 0 Å². The molecule has 1 saturated carbocycles. The molecule has 1 aliphatic heterocycles. The van der Waals surface area contributed by atoms with E-state index in [1.165, 1.54) is 24.5 Å². The zero-order valence-corrected chi connectivity index (χ0v) is 16.8. The Balaban J connectivity index is 1.44. The third-order valence-electron chi connectivity index (χ3n) is 5.70. The predicted molar refractivity (Wildman–Crippen MR) is 114 cm³/mol. The van der Waals surface area contributed by atoms with Gasteiger partial charge in [0.05, 0.1) is 5.56 Å². The maximum Gasteiger partial charge on any atom is 0.417 e. The molecule has 0 spiro atoms. The average molecular weight is 410 g/mol. The van der Waals surface area contributed by atoms with Crippen LogP contribution in [-0.4, -0.2) is 22.5 Å². The number of halogens is 3. The summed E-state index contributed by atoms with van der Waals surface area (Å²) in [6.45, 7) is 0.976. The maximum absolute atomic E-state index is 12.7. The Morgan fingerprint density at radius 1 is 1.13 bits per heavy atom. The summed E-state index contributed by atoms with van der Waals surface area (Å²) in [7, 11) is 0. The van der Waals surface area contributed by atoms with Gasteiger partial charge in [-0.05, 0) is 61.2 Å². The topological polar surface area (TPSA) is 16.1 Å². The molecule has 30 heavy (non-hydrogen) atoms. The first kappa shape index (κ1) is 20.5. The van der Waals surface area contributed by atoms with E-state index in [0.717, 1.165) is 42.8 Å². The van der Waals surface area contributed by atoms with E-state index in [4.69, 9.17) is 0 Å². The number of alkyl halides is 3. The van der Waals surface area contributed by atoms with Gasteiger partial charge in [0.15, 0.2) is 0 Å². The van der Waals surface area contributed by atoms with Crippen molar-refractivity contribution in [3.05, 3.63) is 95.0 Å². The van der Waals surface area contributed by atoms with Crippen LogP contribution in [0.25, 0.3) is 6.08 Å². The van der Waals surface area contributed by atoms with Gasteiger partial charge in [-0.2, -0.15) is 13.2 Å². The lowest BCUT2D eigenvalue weighted by molar-refractivity contribution is -0.137. The fourth-order valence-corrected chi connectivity index (χ4v) is 4.17. The molecule has 156 valence electrons. The fraction of sp³-hybridized carbons (Fsp3) is 0.320. The molecule has 4 rings (SSSR count). The zero-order chi connectivity index (χ0) is 21.0. The van der Waals surface area contributed by atoms with Crippen molar-refractivity contribution < 1.29 is 13.2 Å². The number of benzene rings is 1. The van der Waals surface area contributed by atoms with E-state index >= 15 is 0 Å². The molecule has 2 nitrogen and oxygen atoms in total. The van der Waals surface area contributed by atoms with E-state index in [1.54, 1.807) is 0 Å². The molecule has 1 aromatic carbocycles. The molecular weight excluding hydrogens is 385 g/mol. The second-order valence-electron chi connectivity index (χ2n) is 7.98. The van der Waals surface area contributed by atoms with Crippen LogP contribution >= 0.6 is 0 Å². The van der Waals surface area contributed by atoms with Crippen molar-refractivity contribution >= 4 is 6.08 Å². The molecule has 5 heteroatoms. The van der Waals surface area contributed by atoms with Gasteiger partial charge in [0.1, 0.15) is 0 Å². The Hall–Kier alpha value is -2.82. The minimum atomic E-state index is -4.35. The Morgan fingerprint density at radius 3 is 2.77 bits per heavy atom. The molecule has 0 saturated heterocycles. The quantitative estimate of drug-likeness (QED) is 0.580. The molecule has 1 fully saturated rings. The third-order valence-corrected chi connectivity index (χ3v) is 5.70. The van der Waals surface area contributed by atoms with Crippen molar-refractivity contribution in [2.45, 2.75) is 44.3 Å². The highest BCUT2D eigenvalue weighted by Gasteiger charge is 2.30. The largest absolute Gasteiger partial charge is 0.417 e. The zero-order valence-electron chi connectivity index (χ0n) is 16.8. The van der Waals surface area contributed by atoms with Crippen LogP contribution in [-0.2, 0) is 12.6 Å². The van der Waals surface area contributed by atoms with E-state index in [0.29, 0.717) is 18.2 Å². The molecule has 0 radical (unpaired) electrons. The van der Waals surface area contributed by atoms with Gasteiger partial charge in [0.25, 0.3) is 0 Å². The van der Waals surface area contributed by atoms with Crippen LogP contribution < -0.4 is 0 Å². The van der Waals surface area contributed by atoms with E-state index in [-0.39, 0.29) is 0 Å². The van der Waals surface area contributed by atoms with Crippen molar-refractivity contribution in [1.29, 1.82) is 0 Å². The number of allylic oxidation sites excluding steroid dienone is 2. The van der Waals surface area contributed by atoms with Crippen molar-refractivity contribution in [3.8, 4) is 0 Å². The van der Waals surface area contributed by atoms with Crippen molar-refractivity contribution in [3.63, 3.8) is 0 Å². The summed E-state index contributed by atoms with van der Waals surface area (Å²) in [4.78, 5) is 6.41. The first-order chi connectivity index (χ1) is 14.5. The number of pyridine rings is 1. The van der Waals surface area contributed by atoms with E-state index in [1.807, 2.05) is 12.1 Å². The van der Waals surface area contributed by atoms with Crippen LogP contribution in [0.15, 0.2) is 72.6 Å². The molecule has 1 atom stereocenters. The van der Waals surface area contributed by atoms with Crippen LogP contribution in [0.1, 0.15) is 48.1 Å². The van der Waals surface area contributed by atoms with Crippen molar-refractivity contribution in [1.82, 2.24) is 9.88 Å². The van der Waals surface area contributed by atoms with E-state index in [2.05, 4.69) is 52.5 Å². The molecular formula is C25H25F3N2. The molecule has 0 N–H and O–H groups in total. The van der Waals surface area contributed by atoms with Crippen LogP contribution in [0.3, 0.4) is 0 Å². The number of rotatable bonds is 4. The highest BCUT2D eigenvalue weighted by molar-refractivity contribution is 5.54. The van der Waals surface area contributed by atoms with Gasteiger partial charge in [-0.1, -0.05) is 48.1 Å². The first-order valence-electron chi connectivity index (χ1n) is 10.4. The Labute approximate surface area is 175 Å². The first-order valence-corrected chi connectivity index (χ1v) is 10.4. The minimum absolute atomic E-state index is 0.517. The standard InChI is InChI=1S/C25H25F3N2/c26-25(27,28)22-10-11-23(29-18-22)16-20-7-4-6-19(14-20)15-21-8-5-9-24(17-21)30-12-2-1-3-13-30/h1-4,6-7,10-12,14-15,18,24H,5,8-9,13,16-17H2/b21-15+. The predicted octanol–water partition coefficient (Wildman–Crippen LogP) is 6.40. The van der Waals surface area contributed by atoms with Gasteiger partial charge in [-0.3, -0.25) is 4.98 Å². The highest BCUT2D eigenvalue weighted by Crippen LogP contribution is 2.30. The summed E-state index contributed by atoms with van der Waals surface area (Å²) in [5.41, 5.74) is 3.57. The normalized spacial score (nSPS) is 20.7. The van der Waals surface area contributed by atoms with Crippen molar-refractivity contribution in [2.24, 2.45) is 0 Å². The second kappa shape index (κ2) is 8.90. The van der Waals surface area contributed by atoms with E-state index < -0.39 is 11.7 Å². The lowest BCUT2D eigenvalue weighted by Gasteiger charge is -2.35. The van der Waals surface area contributed by atoms with Gasteiger partial charge in [0, 0.05) is 30.9 Å². The Morgan fingerprint density at radius 2 is 2.03 bits per heavy atom. The smallest absolute Gasteiger partial charge is 0.370 e. The number of hydrogen-bond acceptors (Lipinski definition) is 2. The fourth-order valence-electron chi connectivity index (χ4n) is 4.17. The van der Waals surface area contributed by atoms with Gasteiger partial charge in [-0.25, -0.2) is 0 Å². The summed E-state index contributed by atoms with van der Waals surface area (Å²) in [5, 5.41) is 0. The lowest BCUT2D eigenvalue weighted by atomic mass is 9.88. The molecule has 1 aromatic heterocycles. The molecule has 0 amide bonds. The van der Waals surface area contributed by atoms with E-state index in [9.17, 15) is 13.2 Å². The Bertz CT molecular complexity index is 955. The lowest BCUT2D eigenvalue weighted by Crippen LogP contribution is -2.34. The van der Waals surface area contributed by atoms with Crippen LogP contribution in [0.5, 0.6) is 0 Å². The monoisotopic (exact) mass is 410 g/mol. The molecule has 2 aromatic rings. The van der Waals surface area contributed by atoms with Gasteiger partial charge < -0.3 is 4.90 Å². The van der Waals surface area contributed by atoms with Gasteiger partial charge >= 0.3 is 6.18 Å². The molecule has 2 aliphatic rings. The van der Waals surface area contributed by atoms with Gasteiger partial charge in [-0.15, -0.1) is 0 Å². The number of hydrogen-bond donors (Lipinski definition) is 0. The Kier molecular flexibility index (Phi) is 6.07. The van der Waals surface area contributed by atoms with Crippen LogP contribution in [0, 0.1) is 0 Å². The average Bonchev–Trinajstić information content (AvgIpc) is 2.75. The third kappa shape index (κ3) is 5.21. The number of nitrogens with zero attached hydrogens (tertiary/aromatic N) is 2. The second-order valence-corrected chi connectivity index (χ2v) is 7.98. The molecule has 2 heterocycles. The summed E-state index contributed by atoms with van der Waals surface area (Å²) >= 11 is 0. The maximum atomic E-state index is 12.7. The summed E-state index contributed by atoms with van der Waals surface area (Å²) in [6.07, 6.45) is 12.5. The summed E-state index contributed by atoms with van der Waals surface area (Å²) in [5.74, 6) is 0. The molecule has 1 unspecified atom stereocenters. The van der Waals surface area contributed by atoms with Crippen LogP contribution in [0.4, 0.5) is 13.2 Å². The van der Waals surface area contributed by atoms with Crippen LogP contribution in [0.2, 0.25) is 0 Å². The molecule has 0 bridgehead atoms. The SMILES string of the molecule is FC(F)(F)c1ccc(Cc2cccc(/C=C3\CCCC(N4C=CC=CC4)C3)c2)nc1. The minimum Gasteiger partial charge on any atom is -0.370 e. The van der Waals surface area contributed by atoms with Crippen molar-refractivity contribution in [2.75, 3.05) is 6.54 Å². The molecule has 1 aliphatic carbocycles.